The fourth-order valence-corrected chi connectivity index (χ4v) is 1.15. The highest BCUT2D eigenvalue weighted by molar-refractivity contribution is 5.85. The first-order valence-corrected chi connectivity index (χ1v) is 4.03. The van der Waals surface area contributed by atoms with Crippen LogP contribution in [0.2, 0.25) is 0 Å². The molecule has 0 fully saturated rings. The quantitative estimate of drug-likeness (QED) is 0.677. The van der Waals surface area contributed by atoms with Gasteiger partial charge in [-0.2, -0.15) is 0 Å². The molecule has 0 bridgehead atoms. The summed E-state index contributed by atoms with van der Waals surface area (Å²) in [6.45, 7) is 3.56. The van der Waals surface area contributed by atoms with E-state index in [4.69, 9.17) is 10.8 Å². The third-order valence-corrected chi connectivity index (χ3v) is 1.83. The molecule has 0 heterocycles. The van der Waals surface area contributed by atoms with E-state index >= 15 is 0 Å². The molecule has 0 aromatic heterocycles. The summed E-state index contributed by atoms with van der Waals surface area (Å²) in [5, 5.41) is 18.4. The first kappa shape index (κ1) is 12.8. The van der Waals surface area contributed by atoms with Gasteiger partial charge in [-0.1, -0.05) is 12.1 Å². The lowest BCUT2D eigenvalue weighted by atomic mass is 10.0. The lowest BCUT2D eigenvalue weighted by Gasteiger charge is -2.11. The standard InChI is InChI=1S/C10H13NO2.ClH/c1-2-3-9(11)8-5-4-7(12)6-10(8)13;/h2,4-6,9,12-13H,1,3,11H2;1H/t9-;/m1./s1. The molecule has 0 spiro atoms. The lowest BCUT2D eigenvalue weighted by Crippen LogP contribution is -2.08. The molecule has 1 aromatic carbocycles. The topological polar surface area (TPSA) is 66.5 Å². The molecule has 4 heteroatoms. The van der Waals surface area contributed by atoms with Crippen molar-refractivity contribution in [2.45, 2.75) is 12.5 Å². The van der Waals surface area contributed by atoms with Gasteiger partial charge >= 0.3 is 0 Å². The van der Waals surface area contributed by atoms with E-state index in [1.807, 2.05) is 0 Å². The molecule has 0 aliphatic rings. The molecule has 0 saturated carbocycles. The highest BCUT2D eigenvalue weighted by Crippen LogP contribution is 2.28. The highest BCUT2D eigenvalue weighted by atomic mass is 35.5. The van der Waals surface area contributed by atoms with Crippen LogP contribution in [0, 0.1) is 0 Å². The van der Waals surface area contributed by atoms with Crippen molar-refractivity contribution in [3.05, 3.63) is 36.4 Å². The third kappa shape index (κ3) is 2.94. The maximum absolute atomic E-state index is 9.41. The Morgan fingerprint density at radius 2 is 2.07 bits per heavy atom. The molecule has 78 valence electrons. The second kappa shape index (κ2) is 5.52. The number of halogens is 1. The lowest BCUT2D eigenvalue weighted by molar-refractivity contribution is 0.442. The van der Waals surface area contributed by atoms with Crippen LogP contribution in [0.1, 0.15) is 18.0 Å². The zero-order chi connectivity index (χ0) is 9.84. The van der Waals surface area contributed by atoms with E-state index in [0.717, 1.165) is 0 Å². The average Bonchev–Trinajstić information content (AvgIpc) is 2.04. The Morgan fingerprint density at radius 1 is 1.43 bits per heavy atom. The molecule has 0 amide bonds. The molecule has 1 rings (SSSR count). The molecule has 3 nitrogen and oxygen atoms in total. The fraction of sp³-hybridized carbons (Fsp3) is 0.200. The number of phenolic OH excluding ortho intramolecular Hbond substituents is 2. The number of aromatic hydroxyl groups is 2. The van der Waals surface area contributed by atoms with Crippen molar-refractivity contribution in [1.82, 2.24) is 0 Å². The molecule has 4 N–H and O–H groups in total. The van der Waals surface area contributed by atoms with Gasteiger partial charge in [-0.3, -0.25) is 0 Å². The van der Waals surface area contributed by atoms with Crippen LogP contribution in [0.5, 0.6) is 11.5 Å². The maximum Gasteiger partial charge on any atom is 0.124 e. The van der Waals surface area contributed by atoms with Crippen molar-refractivity contribution in [3.63, 3.8) is 0 Å². The summed E-state index contributed by atoms with van der Waals surface area (Å²) >= 11 is 0. The van der Waals surface area contributed by atoms with Gasteiger partial charge in [0.2, 0.25) is 0 Å². The van der Waals surface area contributed by atoms with Crippen molar-refractivity contribution in [1.29, 1.82) is 0 Å². The summed E-state index contributed by atoms with van der Waals surface area (Å²) in [6.07, 6.45) is 2.29. The molecule has 0 aliphatic heterocycles. The van der Waals surface area contributed by atoms with Crippen LogP contribution in [0.25, 0.3) is 0 Å². The zero-order valence-electron chi connectivity index (χ0n) is 7.68. The average molecular weight is 216 g/mol. The van der Waals surface area contributed by atoms with Crippen molar-refractivity contribution < 1.29 is 10.2 Å². The van der Waals surface area contributed by atoms with E-state index in [9.17, 15) is 5.11 Å². The van der Waals surface area contributed by atoms with Crippen LogP contribution in [-0.4, -0.2) is 10.2 Å². The minimum Gasteiger partial charge on any atom is -0.508 e. The van der Waals surface area contributed by atoms with E-state index in [1.54, 1.807) is 12.1 Å². The van der Waals surface area contributed by atoms with Crippen molar-refractivity contribution >= 4 is 12.4 Å². The number of phenols is 2. The molecule has 1 aromatic rings. The number of benzene rings is 1. The van der Waals surface area contributed by atoms with E-state index in [-0.39, 0.29) is 29.9 Å². The van der Waals surface area contributed by atoms with Crippen LogP contribution in [0.3, 0.4) is 0 Å². The summed E-state index contributed by atoms with van der Waals surface area (Å²) in [5.41, 5.74) is 6.37. The Morgan fingerprint density at radius 3 is 2.57 bits per heavy atom. The molecular weight excluding hydrogens is 202 g/mol. The third-order valence-electron chi connectivity index (χ3n) is 1.83. The van der Waals surface area contributed by atoms with Gasteiger partial charge in [-0.25, -0.2) is 0 Å². The van der Waals surface area contributed by atoms with Crippen LogP contribution in [0.15, 0.2) is 30.9 Å². The van der Waals surface area contributed by atoms with Crippen molar-refractivity contribution in [2.24, 2.45) is 5.73 Å². The first-order valence-electron chi connectivity index (χ1n) is 4.03. The number of rotatable bonds is 3. The molecular formula is C10H14ClNO2. The second-order valence-electron chi connectivity index (χ2n) is 2.87. The Hall–Kier alpha value is -1.19. The molecule has 0 saturated heterocycles. The van der Waals surface area contributed by atoms with Gasteiger partial charge in [0.1, 0.15) is 11.5 Å². The summed E-state index contributed by atoms with van der Waals surface area (Å²) in [6, 6.07) is 4.12. The van der Waals surface area contributed by atoms with Gasteiger partial charge in [-0.15, -0.1) is 19.0 Å². The fourth-order valence-electron chi connectivity index (χ4n) is 1.15. The predicted molar refractivity (Wildman–Crippen MR) is 58.8 cm³/mol. The van der Waals surface area contributed by atoms with Crippen LogP contribution in [0.4, 0.5) is 0 Å². The minimum absolute atomic E-state index is 0. The molecule has 0 radical (unpaired) electrons. The molecule has 0 aliphatic carbocycles. The Kier molecular flexibility index (Phi) is 5.05. The smallest absolute Gasteiger partial charge is 0.124 e. The summed E-state index contributed by atoms with van der Waals surface area (Å²) in [5.74, 6) is 0.0569. The Bertz CT molecular complexity index is 315. The van der Waals surface area contributed by atoms with Gasteiger partial charge in [-0.05, 0) is 12.5 Å². The summed E-state index contributed by atoms with van der Waals surface area (Å²) in [4.78, 5) is 0. The highest BCUT2D eigenvalue weighted by Gasteiger charge is 2.09. The SMILES string of the molecule is C=CC[C@@H](N)c1ccc(O)cc1O.Cl. The van der Waals surface area contributed by atoms with Crippen molar-refractivity contribution in [2.75, 3.05) is 0 Å². The van der Waals surface area contributed by atoms with E-state index in [2.05, 4.69) is 6.58 Å². The number of hydrogen-bond donors (Lipinski definition) is 3. The van der Waals surface area contributed by atoms with Gasteiger partial charge in [0, 0.05) is 17.7 Å². The molecule has 0 unspecified atom stereocenters. The van der Waals surface area contributed by atoms with E-state index in [1.165, 1.54) is 12.1 Å². The maximum atomic E-state index is 9.41. The zero-order valence-corrected chi connectivity index (χ0v) is 8.50. The number of hydrogen-bond acceptors (Lipinski definition) is 3. The van der Waals surface area contributed by atoms with Gasteiger partial charge in [0.05, 0.1) is 0 Å². The summed E-state index contributed by atoms with van der Waals surface area (Å²) in [7, 11) is 0. The van der Waals surface area contributed by atoms with Gasteiger partial charge in [0.25, 0.3) is 0 Å². The number of nitrogens with two attached hydrogens (primary N) is 1. The van der Waals surface area contributed by atoms with E-state index in [0.29, 0.717) is 12.0 Å². The Labute approximate surface area is 89.3 Å². The molecule has 1 atom stereocenters. The predicted octanol–water partition coefficient (Wildman–Crippen LogP) is 2.10. The van der Waals surface area contributed by atoms with E-state index < -0.39 is 0 Å². The second-order valence-corrected chi connectivity index (χ2v) is 2.87. The van der Waals surface area contributed by atoms with Crippen molar-refractivity contribution in [3.8, 4) is 11.5 Å². The van der Waals surface area contributed by atoms with Crippen LogP contribution < -0.4 is 5.73 Å². The van der Waals surface area contributed by atoms with Crippen LogP contribution >= 0.6 is 12.4 Å². The van der Waals surface area contributed by atoms with Crippen LogP contribution in [-0.2, 0) is 0 Å². The van der Waals surface area contributed by atoms with Gasteiger partial charge < -0.3 is 15.9 Å². The first-order chi connectivity index (χ1) is 6.15. The largest absolute Gasteiger partial charge is 0.508 e. The minimum atomic E-state index is -0.266. The monoisotopic (exact) mass is 215 g/mol. The molecule has 14 heavy (non-hydrogen) atoms. The van der Waals surface area contributed by atoms with Gasteiger partial charge in [0.15, 0.2) is 0 Å². The normalized spacial score (nSPS) is 11.5. The summed E-state index contributed by atoms with van der Waals surface area (Å²) < 4.78 is 0. The Balaban J connectivity index is 0.00000169.